The standard InChI is InChI=1S/C20H19NO4/c22-19(23)18-10-5-11-21(18)20(24)25-12-17-15-8-3-1-6-13(15)14-7-2-4-9-16(14)17/h1-4,6-9,17-18H,5,10-12H2,(H,22,23)/t18-/m1/s1. The number of likely N-dealkylation sites (tertiary alicyclic amines) is 1. The van der Waals surface area contributed by atoms with E-state index in [-0.39, 0.29) is 12.5 Å². The summed E-state index contributed by atoms with van der Waals surface area (Å²) in [5.41, 5.74) is 4.63. The minimum Gasteiger partial charge on any atom is -0.480 e. The third-order valence-electron chi connectivity index (χ3n) is 5.11. The zero-order valence-electron chi connectivity index (χ0n) is 13.7. The van der Waals surface area contributed by atoms with Gasteiger partial charge in [0, 0.05) is 12.5 Å². The van der Waals surface area contributed by atoms with Gasteiger partial charge in [0.15, 0.2) is 0 Å². The lowest BCUT2D eigenvalue weighted by Crippen LogP contribution is -2.41. The highest BCUT2D eigenvalue weighted by molar-refractivity contribution is 5.81. The van der Waals surface area contributed by atoms with Gasteiger partial charge in [-0.15, -0.1) is 0 Å². The molecule has 2 aromatic rings. The molecule has 0 radical (unpaired) electrons. The van der Waals surface area contributed by atoms with Gasteiger partial charge >= 0.3 is 12.1 Å². The van der Waals surface area contributed by atoms with Crippen LogP contribution in [0.5, 0.6) is 0 Å². The Labute approximate surface area is 145 Å². The summed E-state index contributed by atoms with van der Waals surface area (Å²) in [6, 6.07) is 15.5. The molecular weight excluding hydrogens is 318 g/mol. The van der Waals surface area contributed by atoms with Crippen molar-refractivity contribution >= 4 is 12.1 Å². The van der Waals surface area contributed by atoms with Crippen LogP contribution >= 0.6 is 0 Å². The Morgan fingerprint density at radius 3 is 2.24 bits per heavy atom. The molecule has 0 spiro atoms. The molecule has 2 aliphatic rings. The van der Waals surface area contributed by atoms with Gasteiger partial charge in [-0.25, -0.2) is 9.59 Å². The van der Waals surface area contributed by atoms with E-state index in [1.54, 1.807) is 0 Å². The molecule has 128 valence electrons. The Bertz CT molecular complexity index is 786. The van der Waals surface area contributed by atoms with Gasteiger partial charge in [-0.3, -0.25) is 4.90 Å². The summed E-state index contributed by atoms with van der Waals surface area (Å²) in [5.74, 6) is -0.978. The second kappa shape index (κ2) is 6.24. The Morgan fingerprint density at radius 2 is 1.64 bits per heavy atom. The topological polar surface area (TPSA) is 66.8 Å². The van der Waals surface area contributed by atoms with Gasteiger partial charge in [0.2, 0.25) is 0 Å². The fourth-order valence-corrected chi connectivity index (χ4v) is 3.92. The molecule has 1 fully saturated rings. The largest absolute Gasteiger partial charge is 0.480 e. The molecule has 5 heteroatoms. The fourth-order valence-electron chi connectivity index (χ4n) is 3.92. The molecule has 0 saturated carbocycles. The number of fused-ring (bicyclic) bond motifs is 3. The van der Waals surface area contributed by atoms with Crippen LogP contribution in [0.4, 0.5) is 4.79 Å². The summed E-state index contributed by atoms with van der Waals surface area (Å²) in [5, 5.41) is 9.22. The number of carboxylic acid groups (broad SMARTS) is 1. The summed E-state index contributed by atoms with van der Waals surface area (Å²) in [7, 11) is 0. The molecule has 0 unspecified atom stereocenters. The van der Waals surface area contributed by atoms with Gasteiger partial charge in [-0.2, -0.15) is 0 Å². The monoisotopic (exact) mass is 337 g/mol. The van der Waals surface area contributed by atoms with Crippen molar-refractivity contribution in [1.82, 2.24) is 4.90 Å². The van der Waals surface area contributed by atoms with Crippen LogP contribution in [0.15, 0.2) is 48.5 Å². The number of hydrogen-bond donors (Lipinski definition) is 1. The number of amides is 1. The van der Waals surface area contributed by atoms with Crippen molar-refractivity contribution in [3.63, 3.8) is 0 Å². The summed E-state index contributed by atoms with van der Waals surface area (Å²) in [4.78, 5) is 25.0. The number of carbonyl (C=O) groups excluding carboxylic acids is 1. The van der Waals surface area contributed by atoms with Crippen LogP contribution in [0.2, 0.25) is 0 Å². The lowest BCUT2D eigenvalue weighted by atomic mass is 9.98. The van der Waals surface area contributed by atoms with Gasteiger partial charge in [0.05, 0.1) is 0 Å². The van der Waals surface area contributed by atoms with E-state index in [1.165, 1.54) is 16.0 Å². The van der Waals surface area contributed by atoms with E-state index in [9.17, 15) is 14.7 Å². The molecule has 2 aromatic carbocycles. The summed E-state index contributed by atoms with van der Waals surface area (Å²) >= 11 is 0. The van der Waals surface area contributed by atoms with Gasteiger partial charge in [0.1, 0.15) is 12.6 Å². The number of aliphatic carboxylic acids is 1. The maximum absolute atomic E-state index is 12.4. The van der Waals surface area contributed by atoms with E-state index in [0.717, 1.165) is 11.1 Å². The normalized spacial score (nSPS) is 18.7. The Balaban J connectivity index is 1.53. The van der Waals surface area contributed by atoms with E-state index in [0.29, 0.717) is 19.4 Å². The molecule has 1 saturated heterocycles. The molecule has 1 aliphatic carbocycles. The number of rotatable bonds is 3. The number of carboxylic acids is 1. The summed E-state index contributed by atoms with van der Waals surface area (Å²) in [6.45, 7) is 0.656. The first kappa shape index (κ1) is 15.7. The maximum Gasteiger partial charge on any atom is 0.410 e. The Morgan fingerprint density at radius 1 is 1.04 bits per heavy atom. The number of ether oxygens (including phenoxy) is 1. The van der Waals surface area contributed by atoms with Crippen molar-refractivity contribution in [1.29, 1.82) is 0 Å². The molecule has 1 amide bonds. The second-order valence-corrected chi connectivity index (χ2v) is 6.49. The highest BCUT2D eigenvalue weighted by atomic mass is 16.6. The molecule has 25 heavy (non-hydrogen) atoms. The minimum atomic E-state index is -0.967. The van der Waals surface area contributed by atoms with E-state index in [1.807, 2.05) is 24.3 Å². The van der Waals surface area contributed by atoms with Crippen molar-refractivity contribution in [2.45, 2.75) is 24.8 Å². The molecular formula is C20H19NO4. The molecule has 0 aromatic heterocycles. The third-order valence-corrected chi connectivity index (χ3v) is 5.11. The van der Waals surface area contributed by atoms with E-state index < -0.39 is 18.1 Å². The van der Waals surface area contributed by atoms with Crippen molar-refractivity contribution in [2.24, 2.45) is 0 Å². The SMILES string of the molecule is O=C(O)[C@H]1CCCN1C(=O)OCC1c2ccccc2-c2ccccc21. The van der Waals surface area contributed by atoms with Crippen LogP contribution in [0.1, 0.15) is 29.9 Å². The first-order chi connectivity index (χ1) is 12.2. The van der Waals surface area contributed by atoms with E-state index >= 15 is 0 Å². The number of hydrogen-bond acceptors (Lipinski definition) is 3. The van der Waals surface area contributed by atoms with Crippen LogP contribution in [-0.2, 0) is 9.53 Å². The van der Waals surface area contributed by atoms with Gasteiger partial charge in [-0.05, 0) is 35.1 Å². The van der Waals surface area contributed by atoms with Gasteiger partial charge in [-0.1, -0.05) is 48.5 Å². The quantitative estimate of drug-likeness (QED) is 0.931. The first-order valence-electron chi connectivity index (χ1n) is 8.51. The lowest BCUT2D eigenvalue weighted by molar-refractivity contribution is -0.141. The number of nitrogens with zero attached hydrogens (tertiary/aromatic N) is 1. The zero-order chi connectivity index (χ0) is 17.4. The molecule has 1 heterocycles. The van der Waals surface area contributed by atoms with Crippen molar-refractivity contribution < 1.29 is 19.4 Å². The average Bonchev–Trinajstić information content (AvgIpc) is 3.23. The Hall–Kier alpha value is -2.82. The predicted octanol–water partition coefficient (Wildman–Crippen LogP) is 3.48. The highest BCUT2D eigenvalue weighted by Gasteiger charge is 2.36. The van der Waals surface area contributed by atoms with E-state index in [2.05, 4.69) is 24.3 Å². The van der Waals surface area contributed by atoms with Gasteiger partial charge < -0.3 is 9.84 Å². The van der Waals surface area contributed by atoms with Gasteiger partial charge in [0.25, 0.3) is 0 Å². The van der Waals surface area contributed by atoms with Crippen molar-refractivity contribution in [2.75, 3.05) is 13.2 Å². The average molecular weight is 337 g/mol. The third kappa shape index (κ3) is 2.65. The van der Waals surface area contributed by atoms with Crippen molar-refractivity contribution in [3.8, 4) is 11.1 Å². The summed E-state index contributed by atoms with van der Waals surface area (Å²) < 4.78 is 5.53. The first-order valence-corrected chi connectivity index (χ1v) is 8.51. The molecule has 1 atom stereocenters. The van der Waals surface area contributed by atoms with Crippen LogP contribution in [-0.4, -0.2) is 41.3 Å². The van der Waals surface area contributed by atoms with Crippen LogP contribution in [0.3, 0.4) is 0 Å². The smallest absolute Gasteiger partial charge is 0.410 e. The summed E-state index contributed by atoms with van der Waals surface area (Å²) in [6.07, 6.45) is 0.646. The van der Waals surface area contributed by atoms with E-state index in [4.69, 9.17) is 4.74 Å². The molecule has 1 N–H and O–H groups in total. The molecule has 4 rings (SSSR count). The number of benzene rings is 2. The van der Waals surface area contributed by atoms with Crippen molar-refractivity contribution in [3.05, 3.63) is 59.7 Å². The zero-order valence-corrected chi connectivity index (χ0v) is 13.7. The maximum atomic E-state index is 12.4. The van der Waals surface area contributed by atoms with Crippen LogP contribution in [0.25, 0.3) is 11.1 Å². The molecule has 5 nitrogen and oxygen atoms in total. The predicted molar refractivity (Wildman–Crippen MR) is 92.4 cm³/mol. The number of carbonyl (C=O) groups is 2. The second-order valence-electron chi connectivity index (χ2n) is 6.49. The minimum absolute atomic E-state index is 0.0118. The Kier molecular flexibility index (Phi) is 3.92. The molecule has 0 bridgehead atoms. The molecule has 1 aliphatic heterocycles. The van der Waals surface area contributed by atoms with Crippen LogP contribution < -0.4 is 0 Å². The fraction of sp³-hybridized carbons (Fsp3) is 0.300. The highest BCUT2D eigenvalue weighted by Crippen LogP contribution is 2.44. The van der Waals surface area contributed by atoms with Crippen LogP contribution in [0, 0.1) is 0 Å². The lowest BCUT2D eigenvalue weighted by Gasteiger charge is -2.22.